The second-order valence-corrected chi connectivity index (χ2v) is 8.89. The third kappa shape index (κ3) is 3.57. The number of rotatable bonds is 5. The molecule has 2 aliphatic carbocycles. The fourth-order valence-electron chi connectivity index (χ4n) is 4.51. The molecule has 0 aromatic carbocycles. The number of hydrogen-bond acceptors (Lipinski definition) is 6. The average Bonchev–Trinajstić information content (AvgIpc) is 3.21. The van der Waals surface area contributed by atoms with E-state index >= 15 is 0 Å². The molecular weight excluding hydrogens is 378 g/mol. The van der Waals surface area contributed by atoms with E-state index in [4.69, 9.17) is 4.74 Å². The zero-order chi connectivity index (χ0) is 19.8. The molecule has 2 aromatic heterocycles. The van der Waals surface area contributed by atoms with Gasteiger partial charge in [-0.25, -0.2) is 9.97 Å². The molecule has 2 aromatic rings. The molecule has 1 N–H and O–H groups in total. The van der Waals surface area contributed by atoms with Crippen molar-refractivity contribution in [3.8, 4) is 5.88 Å². The fourth-order valence-corrected chi connectivity index (χ4v) is 5.74. The Morgan fingerprint density at radius 1 is 1.25 bits per heavy atom. The summed E-state index contributed by atoms with van der Waals surface area (Å²) in [5.41, 5.74) is 1.09. The maximum atomic E-state index is 11.6. The first-order valence-electron chi connectivity index (χ1n) is 9.82. The number of amides is 1. The van der Waals surface area contributed by atoms with Crippen LogP contribution in [0.1, 0.15) is 61.8 Å². The van der Waals surface area contributed by atoms with Crippen LogP contribution in [0, 0.1) is 0 Å². The van der Waals surface area contributed by atoms with Gasteiger partial charge < -0.3 is 14.7 Å². The van der Waals surface area contributed by atoms with Crippen LogP contribution in [0.2, 0.25) is 0 Å². The summed E-state index contributed by atoms with van der Waals surface area (Å²) >= 11 is 1.63. The summed E-state index contributed by atoms with van der Waals surface area (Å²) in [6.45, 7) is 1.60. The maximum absolute atomic E-state index is 11.6. The SMILES string of the molecule is CC(=O)N(C)C1CCC(Oc2ncnc3sc4c(c23)[C@@H](CC(=O)O)CC4)CC1. The zero-order valence-corrected chi connectivity index (χ0v) is 17.0. The van der Waals surface area contributed by atoms with Crippen LogP contribution in [0.4, 0.5) is 0 Å². The Bertz CT molecular complexity index is 904. The highest BCUT2D eigenvalue weighted by Gasteiger charge is 2.33. The van der Waals surface area contributed by atoms with Crippen LogP contribution in [-0.4, -0.2) is 51.0 Å². The van der Waals surface area contributed by atoms with E-state index in [2.05, 4.69) is 9.97 Å². The van der Waals surface area contributed by atoms with E-state index in [0.29, 0.717) is 5.88 Å². The van der Waals surface area contributed by atoms with Crippen molar-refractivity contribution >= 4 is 33.4 Å². The lowest BCUT2D eigenvalue weighted by atomic mass is 9.92. The zero-order valence-electron chi connectivity index (χ0n) is 16.2. The number of nitrogens with zero attached hydrogens (tertiary/aromatic N) is 3. The van der Waals surface area contributed by atoms with E-state index in [9.17, 15) is 14.7 Å². The minimum atomic E-state index is -0.774. The average molecular weight is 404 g/mol. The lowest BCUT2D eigenvalue weighted by molar-refractivity contribution is -0.137. The quantitative estimate of drug-likeness (QED) is 0.823. The van der Waals surface area contributed by atoms with Gasteiger partial charge in [-0.2, -0.15) is 0 Å². The second kappa shape index (κ2) is 7.66. The van der Waals surface area contributed by atoms with Crippen molar-refractivity contribution in [3.05, 3.63) is 16.8 Å². The lowest BCUT2D eigenvalue weighted by Crippen LogP contribution is -2.40. The van der Waals surface area contributed by atoms with Crippen LogP contribution in [-0.2, 0) is 16.0 Å². The number of aromatic nitrogens is 2. The van der Waals surface area contributed by atoms with Gasteiger partial charge in [0.2, 0.25) is 11.8 Å². The van der Waals surface area contributed by atoms with Crippen LogP contribution < -0.4 is 4.74 Å². The van der Waals surface area contributed by atoms with Gasteiger partial charge in [-0.05, 0) is 50.0 Å². The Kier molecular flexibility index (Phi) is 5.23. The molecule has 0 bridgehead atoms. The largest absolute Gasteiger partial charge is 0.481 e. The molecule has 8 heteroatoms. The van der Waals surface area contributed by atoms with E-state index in [0.717, 1.165) is 54.3 Å². The lowest BCUT2D eigenvalue weighted by Gasteiger charge is -2.34. The molecule has 150 valence electrons. The topological polar surface area (TPSA) is 92.6 Å². The minimum absolute atomic E-state index is 0.00884. The van der Waals surface area contributed by atoms with E-state index < -0.39 is 5.97 Å². The van der Waals surface area contributed by atoms with Crippen molar-refractivity contribution in [1.82, 2.24) is 14.9 Å². The molecule has 1 atom stereocenters. The molecule has 7 nitrogen and oxygen atoms in total. The highest BCUT2D eigenvalue weighted by molar-refractivity contribution is 7.19. The summed E-state index contributed by atoms with van der Waals surface area (Å²) in [4.78, 5) is 35.6. The third-order valence-corrected chi connectivity index (χ3v) is 7.26. The number of carboxylic acid groups (broad SMARTS) is 1. The standard InChI is InChI=1S/C20H25N3O4S/c1-11(24)23(2)13-4-6-14(7-5-13)27-19-18-17-12(9-16(25)26)3-8-15(17)28-20(18)22-10-21-19/h10,12-14H,3-9H2,1-2H3,(H,25,26)/t12-,13?,14?/m1/s1. The Balaban J connectivity index is 1.54. The number of aryl methyl sites for hydroxylation is 1. The second-order valence-electron chi connectivity index (χ2n) is 7.81. The highest BCUT2D eigenvalue weighted by Crippen LogP contribution is 2.47. The normalized spacial score (nSPS) is 24.1. The molecule has 0 spiro atoms. The minimum Gasteiger partial charge on any atom is -0.481 e. The molecule has 0 unspecified atom stereocenters. The van der Waals surface area contributed by atoms with Gasteiger partial charge in [-0.15, -0.1) is 11.3 Å². The summed E-state index contributed by atoms with van der Waals surface area (Å²) in [6.07, 6.45) is 7.06. The molecule has 1 saturated carbocycles. The first kappa shape index (κ1) is 19.1. The Morgan fingerprint density at radius 2 is 2.00 bits per heavy atom. The fraction of sp³-hybridized carbons (Fsp3) is 0.600. The number of ether oxygens (including phenoxy) is 1. The summed E-state index contributed by atoms with van der Waals surface area (Å²) in [6, 6.07) is 0.271. The molecule has 0 aliphatic heterocycles. The number of aliphatic carboxylic acids is 1. The van der Waals surface area contributed by atoms with Gasteiger partial charge in [-0.3, -0.25) is 9.59 Å². The molecule has 1 amide bonds. The van der Waals surface area contributed by atoms with Crippen molar-refractivity contribution in [1.29, 1.82) is 0 Å². The van der Waals surface area contributed by atoms with Crippen molar-refractivity contribution in [3.63, 3.8) is 0 Å². The van der Waals surface area contributed by atoms with Gasteiger partial charge in [0.25, 0.3) is 0 Å². The van der Waals surface area contributed by atoms with Crippen LogP contribution >= 0.6 is 11.3 Å². The number of carbonyl (C=O) groups excluding carboxylic acids is 1. The Labute approximate surface area is 167 Å². The van der Waals surface area contributed by atoms with Gasteiger partial charge in [0.05, 0.1) is 11.8 Å². The van der Waals surface area contributed by atoms with E-state index in [1.807, 2.05) is 11.9 Å². The summed E-state index contributed by atoms with van der Waals surface area (Å²) < 4.78 is 6.30. The number of carbonyl (C=O) groups is 2. The molecule has 28 heavy (non-hydrogen) atoms. The van der Waals surface area contributed by atoms with E-state index in [1.165, 1.54) is 11.2 Å². The number of hydrogen-bond donors (Lipinski definition) is 1. The van der Waals surface area contributed by atoms with Crippen LogP contribution in [0.5, 0.6) is 5.88 Å². The molecule has 1 fully saturated rings. The van der Waals surface area contributed by atoms with Crippen molar-refractivity contribution < 1.29 is 19.4 Å². The summed E-state index contributed by atoms with van der Waals surface area (Å²) in [5.74, 6) is -0.0812. The van der Waals surface area contributed by atoms with Gasteiger partial charge in [0.1, 0.15) is 17.3 Å². The monoisotopic (exact) mass is 403 g/mol. The first-order chi connectivity index (χ1) is 13.4. The predicted octanol–water partition coefficient (Wildman–Crippen LogP) is 3.36. The van der Waals surface area contributed by atoms with Gasteiger partial charge in [0, 0.05) is 24.9 Å². The highest BCUT2D eigenvalue weighted by atomic mass is 32.1. The van der Waals surface area contributed by atoms with Crippen LogP contribution in [0.25, 0.3) is 10.2 Å². The Morgan fingerprint density at radius 3 is 2.68 bits per heavy atom. The molecule has 0 radical (unpaired) electrons. The van der Waals surface area contributed by atoms with E-state index in [-0.39, 0.29) is 30.4 Å². The van der Waals surface area contributed by atoms with Gasteiger partial charge in [0.15, 0.2) is 0 Å². The maximum Gasteiger partial charge on any atom is 0.303 e. The first-order valence-corrected chi connectivity index (χ1v) is 10.6. The van der Waals surface area contributed by atoms with E-state index in [1.54, 1.807) is 18.3 Å². The van der Waals surface area contributed by atoms with Crippen LogP contribution in [0.15, 0.2) is 6.33 Å². The molecule has 2 aliphatic rings. The molecule has 2 heterocycles. The molecular formula is C20H25N3O4S. The summed E-state index contributed by atoms with van der Waals surface area (Å²) in [5, 5.41) is 10.2. The van der Waals surface area contributed by atoms with Crippen molar-refractivity contribution in [2.75, 3.05) is 7.05 Å². The third-order valence-electron chi connectivity index (χ3n) is 6.08. The molecule has 0 saturated heterocycles. The number of fused-ring (bicyclic) bond motifs is 3. The summed E-state index contributed by atoms with van der Waals surface area (Å²) in [7, 11) is 1.86. The van der Waals surface area contributed by atoms with Crippen molar-refractivity contribution in [2.45, 2.75) is 69.9 Å². The smallest absolute Gasteiger partial charge is 0.303 e. The van der Waals surface area contributed by atoms with Crippen LogP contribution in [0.3, 0.4) is 0 Å². The van der Waals surface area contributed by atoms with Crippen molar-refractivity contribution in [2.24, 2.45) is 0 Å². The van der Waals surface area contributed by atoms with Gasteiger partial charge in [-0.1, -0.05) is 0 Å². The Hall–Kier alpha value is -2.22. The number of thiophene rings is 1. The van der Waals surface area contributed by atoms with Gasteiger partial charge >= 0.3 is 5.97 Å². The number of carboxylic acids is 1. The predicted molar refractivity (Wildman–Crippen MR) is 106 cm³/mol. The molecule has 4 rings (SSSR count).